The van der Waals surface area contributed by atoms with Crippen molar-refractivity contribution < 1.29 is 27.8 Å². The highest BCUT2D eigenvalue weighted by atomic mass is 32.2. The fraction of sp³-hybridized carbons (Fsp3) is 0.452. The highest BCUT2D eigenvalue weighted by molar-refractivity contribution is 7.92. The molecule has 42 heavy (non-hydrogen) atoms. The van der Waals surface area contributed by atoms with E-state index >= 15 is 0 Å². The molecule has 3 aromatic rings. The quantitative estimate of drug-likeness (QED) is 0.269. The number of carbonyl (C=O) groups is 1. The number of ether oxygens (including phenoxy) is 2. The molecule has 1 aliphatic heterocycles. The Morgan fingerprint density at radius 1 is 1.10 bits per heavy atom. The summed E-state index contributed by atoms with van der Waals surface area (Å²) in [4.78, 5) is 20.2. The zero-order valence-corrected chi connectivity index (χ0v) is 25.2. The van der Waals surface area contributed by atoms with Crippen LogP contribution in [0.15, 0.2) is 53.4 Å². The van der Waals surface area contributed by atoms with Crippen molar-refractivity contribution in [3.05, 3.63) is 65.2 Å². The molecule has 1 unspecified atom stereocenters. The number of aromatic nitrogens is 2. The van der Waals surface area contributed by atoms with Crippen molar-refractivity contribution in [1.82, 2.24) is 15.3 Å². The van der Waals surface area contributed by atoms with Crippen molar-refractivity contribution in [1.29, 1.82) is 0 Å². The number of sulfonamides is 1. The van der Waals surface area contributed by atoms with E-state index in [1.165, 1.54) is 18.2 Å². The molecule has 1 saturated carbocycles. The Labute approximate surface area is 246 Å². The van der Waals surface area contributed by atoms with Gasteiger partial charge in [0.1, 0.15) is 6.61 Å². The van der Waals surface area contributed by atoms with Crippen molar-refractivity contribution in [3.8, 4) is 17.1 Å². The van der Waals surface area contributed by atoms with E-state index in [0.717, 1.165) is 55.2 Å². The summed E-state index contributed by atoms with van der Waals surface area (Å²) in [5.74, 6) is -0.691. The number of hydrogen-bond acceptors (Lipinski definition) is 8. The van der Waals surface area contributed by atoms with Crippen LogP contribution in [0.1, 0.15) is 54.6 Å². The molecule has 2 heterocycles. The van der Waals surface area contributed by atoms with E-state index in [-0.39, 0.29) is 28.3 Å². The van der Waals surface area contributed by atoms with E-state index in [9.17, 15) is 18.3 Å². The topological polar surface area (TPSA) is 140 Å². The average Bonchev–Trinajstić information content (AvgIpc) is 2.87. The van der Waals surface area contributed by atoms with Gasteiger partial charge in [-0.05, 0) is 68.4 Å². The molecule has 0 amide bonds. The van der Waals surface area contributed by atoms with Crippen LogP contribution in [0.5, 0.6) is 5.88 Å². The smallest absolute Gasteiger partial charge is 0.335 e. The Kier molecular flexibility index (Phi) is 8.54. The third kappa shape index (κ3) is 6.74. The lowest BCUT2D eigenvalue weighted by Gasteiger charge is -2.54. The number of anilines is 1. The van der Waals surface area contributed by atoms with Gasteiger partial charge in [-0.3, -0.25) is 0 Å². The van der Waals surface area contributed by atoms with Crippen molar-refractivity contribution >= 4 is 21.9 Å². The monoisotopic (exact) mass is 594 g/mol. The minimum absolute atomic E-state index is 0.0888. The molecule has 5 rings (SSSR count). The molecular weight excluding hydrogens is 556 g/mol. The number of carboxylic acids is 1. The number of rotatable bonds is 12. The lowest BCUT2D eigenvalue weighted by atomic mass is 9.64. The van der Waals surface area contributed by atoms with Gasteiger partial charge in [0.05, 0.1) is 29.4 Å². The molecule has 11 heteroatoms. The number of benzene rings is 2. The van der Waals surface area contributed by atoms with Crippen molar-refractivity contribution in [3.63, 3.8) is 0 Å². The number of aryl methyl sites for hydroxylation is 2. The van der Waals surface area contributed by atoms with Crippen LogP contribution in [-0.2, 0) is 14.8 Å². The third-order valence-electron chi connectivity index (χ3n) is 7.89. The fourth-order valence-electron chi connectivity index (χ4n) is 5.87. The van der Waals surface area contributed by atoms with Gasteiger partial charge in [-0.25, -0.2) is 22.9 Å². The molecule has 3 N–H and O–H groups in total. The van der Waals surface area contributed by atoms with Gasteiger partial charge < -0.3 is 19.9 Å². The molecule has 0 radical (unpaired) electrons. The van der Waals surface area contributed by atoms with E-state index in [1.54, 1.807) is 6.07 Å². The first-order valence-corrected chi connectivity index (χ1v) is 15.7. The molecular formula is C31H38N4O6S. The molecule has 0 bridgehead atoms. The van der Waals surface area contributed by atoms with Gasteiger partial charge in [0.2, 0.25) is 11.8 Å². The van der Waals surface area contributed by atoms with E-state index < -0.39 is 16.0 Å². The van der Waals surface area contributed by atoms with Crippen LogP contribution >= 0.6 is 0 Å². The summed E-state index contributed by atoms with van der Waals surface area (Å²) in [6.07, 6.45) is 3.11. The van der Waals surface area contributed by atoms with Crippen molar-refractivity contribution in [2.75, 3.05) is 24.5 Å². The van der Waals surface area contributed by atoms with Crippen LogP contribution in [-0.4, -0.2) is 61.4 Å². The molecule has 1 spiro atoms. The summed E-state index contributed by atoms with van der Waals surface area (Å²) < 4.78 is 40.6. The van der Waals surface area contributed by atoms with Crippen LogP contribution in [0.2, 0.25) is 0 Å². The predicted molar refractivity (Wildman–Crippen MR) is 159 cm³/mol. The number of aromatic carboxylic acids is 1. The summed E-state index contributed by atoms with van der Waals surface area (Å²) in [6, 6.07) is 13.3. The Morgan fingerprint density at radius 2 is 1.79 bits per heavy atom. The Bertz CT molecular complexity index is 1540. The summed E-state index contributed by atoms with van der Waals surface area (Å²) in [7, 11) is -4.19. The highest BCUT2D eigenvalue weighted by Gasteiger charge is 2.50. The van der Waals surface area contributed by atoms with Crippen molar-refractivity contribution in [2.24, 2.45) is 11.3 Å². The van der Waals surface area contributed by atoms with Crippen LogP contribution in [0, 0.1) is 25.2 Å². The molecule has 1 atom stereocenters. The van der Waals surface area contributed by atoms with Gasteiger partial charge in [0, 0.05) is 29.1 Å². The van der Waals surface area contributed by atoms with Gasteiger partial charge in [0.15, 0.2) is 0 Å². The predicted octanol–water partition coefficient (Wildman–Crippen LogP) is 4.82. The second kappa shape index (κ2) is 12.0. The van der Waals surface area contributed by atoms with Gasteiger partial charge in [0.25, 0.3) is 10.0 Å². The van der Waals surface area contributed by atoms with Crippen LogP contribution in [0.25, 0.3) is 11.3 Å². The van der Waals surface area contributed by atoms with E-state index in [4.69, 9.17) is 9.47 Å². The van der Waals surface area contributed by atoms with E-state index in [0.29, 0.717) is 29.7 Å². The molecule has 1 saturated heterocycles. The summed E-state index contributed by atoms with van der Waals surface area (Å²) >= 11 is 0. The first-order valence-electron chi connectivity index (χ1n) is 14.2. The van der Waals surface area contributed by atoms with Crippen LogP contribution in [0.4, 0.5) is 5.95 Å². The molecule has 1 aliphatic carbocycles. The van der Waals surface area contributed by atoms with Crippen LogP contribution < -0.4 is 14.8 Å². The lowest BCUT2D eigenvalue weighted by Crippen LogP contribution is -2.60. The van der Waals surface area contributed by atoms with Gasteiger partial charge in [-0.15, -0.1) is 0 Å². The zero-order valence-electron chi connectivity index (χ0n) is 24.4. The lowest BCUT2D eigenvalue weighted by molar-refractivity contribution is -0.168. The minimum atomic E-state index is -4.19. The normalized spacial score (nSPS) is 17.0. The molecule has 10 nitrogen and oxygen atoms in total. The molecule has 224 valence electrons. The zero-order chi connectivity index (χ0) is 30.1. The van der Waals surface area contributed by atoms with Gasteiger partial charge in [-0.1, -0.05) is 38.1 Å². The Balaban J connectivity index is 1.41. The number of hydrogen-bond donors (Lipinski definition) is 3. The second-order valence-electron chi connectivity index (χ2n) is 12.0. The largest absolute Gasteiger partial charge is 0.478 e. The van der Waals surface area contributed by atoms with Crippen molar-refractivity contribution in [2.45, 2.75) is 63.9 Å². The first-order chi connectivity index (χ1) is 19.9. The Hall–Kier alpha value is -3.54. The fourth-order valence-corrected chi connectivity index (χ4v) is 6.86. The maximum Gasteiger partial charge on any atom is 0.335 e. The number of carboxylic acid groups (broad SMARTS) is 1. The van der Waals surface area contributed by atoms with Crippen LogP contribution in [0.3, 0.4) is 0 Å². The number of nitrogens with one attached hydrogen (secondary N) is 2. The van der Waals surface area contributed by atoms with E-state index in [2.05, 4.69) is 33.9 Å². The van der Waals surface area contributed by atoms with Gasteiger partial charge >= 0.3 is 5.97 Å². The summed E-state index contributed by atoms with van der Waals surface area (Å²) in [5, 5.41) is 13.1. The SMILES string of the molecule is Cc1cccc(C)c1-c1cc(OCC(CC(C)C)NC2CC3(COC3)C2)nc(NS(=O)(=O)c2cccc(C(=O)O)c2)n1. The first kappa shape index (κ1) is 29.9. The maximum absolute atomic E-state index is 13.3. The van der Waals surface area contributed by atoms with Gasteiger partial charge in [-0.2, -0.15) is 4.98 Å². The second-order valence-corrected chi connectivity index (χ2v) is 13.7. The molecule has 2 fully saturated rings. The molecule has 2 aliphatic rings. The maximum atomic E-state index is 13.3. The Morgan fingerprint density at radius 3 is 2.40 bits per heavy atom. The highest BCUT2D eigenvalue weighted by Crippen LogP contribution is 2.47. The summed E-state index contributed by atoms with van der Waals surface area (Å²) in [6.45, 7) is 10.3. The average molecular weight is 595 g/mol. The standard InChI is InChI=1S/C31H38N4O6S/c1-19(2)11-23(32-24-14-31(15-24)17-40-18-31)16-41-27-13-26(28-20(3)7-5-8-21(28)4)33-30(34-27)35-42(38,39)25-10-6-9-22(12-25)29(36)37/h5-10,12-13,19,23-24,32H,11,14-18H2,1-4H3,(H,36,37)(H,33,34,35). The molecule has 2 aromatic carbocycles. The number of nitrogens with zero attached hydrogens (tertiary/aromatic N) is 2. The molecule has 1 aromatic heterocycles. The summed E-state index contributed by atoms with van der Waals surface area (Å²) in [5.41, 5.74) is 3.54. The minimum Gasteiger partial charge on any atom is -0.478 e. The van der Waals surface area contributed by atoms with E-state index in [1.807, 2.05) is 32.0 Å². The third-order valence-corrected chi connectivity index (χ3v) is 9.22.